The monoisotopic (exact) mass is 521 g/mol. The molecule has 0 spiro atoms. The van der Waals surface area contributed by atoms with Crippen LogP contribution in [0.1, 0.15) is 64.0 Å². The van der Waals surface area contributed by atoms with Crippen molar-refractivity contribution < 1.29 is 24.1 Å². The van der Waals surface area contributed by atoms with Crippen LogP contribution in [0.2, 0.25) is 5.02 Å². The van der Waals surface area contributed by atoms with Crippen LogP contribution in [0, 0.1) is 0 Å². The number of carbonyl (C=O) groups excluding carboxylic acids is 1. The molecule has 0 bridgehead atoms. The number of benzene rings is 2. The van der Waals surface area contributed by atoms with Crippen LogP contribution in [0.25, 0.3) is 0 Å². The molecule has 35 heavy (non-hydrogen) atoms. The number of nitrogens with one attached hydrogen (secondary N) is 1. The Kier molecular flexibility index (Phi) is 9.38. The summed E-state index contributed by atoms with van der Waals surface area (Å²) in [5.74, 6) is 1.43. The lowest BCUT2D eigenvalue weighted by Crippen LogP contribution is -2.50. The SMILES string of the molecule is COCOc1ccc(C2CC2)cc1Sc1ccc(CC[C@@](C)(CO)NC(=O)OC(C)(C)C)c(Cl)c1. The maximum Gasteiger partial charge on any atom is 0.408 e. The van der Waals surface area contributed by atoms with E-state index in [4.69, 9.17) is 25.8 Å². The zero-order valence-electron chi connectivity index (χ0n) is 21.2. The van der Waals surface area contributed by atoms with E-state index in [0.29, 0.717) is 23.8 Å². The lowest BCUT2D eigenvalue weighted by molar-refractivity contribution is 0.0406. The molecule has 6 nitrogen and oxygen atoms in total. The molecule has 0 aliphatic heterocycles. The van der Waals surface area contributed by atoms with E-state index in [9.17, 15) is 9.90 Å². The summed E-state index contributed by atoms with van der Waals surface area (Å²) in [6.07, 6.45) is 3.02. The van der Waals surface area contributed by atoms with E-state index in [1.54, 1.807) is 46.6 Å². The lowest BCUT2D eigenvalue weighted by atomic mass is 9.94. The molecule has 192 valence electrons. The zero-order chi connectivity index (χ0) is 25.6. The fourth-order valence-corrected chi connectivity index (χ4v) is 4.91. The highest BCUT2D eigenvalue weighted by Crippen LogP contribution is 2.44. The first kappa shape index (κ1) is 27.7. The number of hydrogen-bond donors (Lipinski definition) is 2. The number of rotatable bonds is 11. The molecule has 0 radical (unpaired) electrons. The standard InChI is InChI=1S/C27H36ClNO5S/c1-26(2,3)34-25(31)29-27(4,16-30)13-12-19-8-10-21(15-22(19)28)35-24-14-20(18-6-7-18)9-11-23(24)33-17-32-5/h8-11,14-15,18,30H,6-7,12-13,16-17H2,1-5H3,(H,29,31)/t27-/m0/s1. The Labute approximate surface area is 217 Å². The van der Waals surface area contributed by atoms with E-state index >= 15 is 0 Å². The second kappa shape index (κ2) is 11.9. The first-order chi connectivity index (χ1) is 16.5. The highest BCUT2D eigenvalue weighted by atomic mass is 35.5. The molecular weight excluding hydrogens is 486 g/mol. The summed E-state index contributed by atoms with van der Waals surface area (Å²) < 4.78 is 16.2. The average Bonchev–Trinajstić information content (AvgIpc) is 3.62. The maximum absolute atomic E-state index is 12.2. The Balaban J connectivity index is 1.67. The minimum atomic E-state index is -0.823. The van der Waals surface area contributed by atoms with Crippen LogP contribution >= 0.6 is 23.4 Å². The Morgan fingerprint density at radius 3 is 2.51 bits per heavy atom. The van der Waals surface area contributed by atoms with Gasteiger partial charge in [0.05, 0.1) is 17.0 Å². The third-order valence-corrected chi connectivity index (χ3v) is 7.08. The molecule has 0 saturated heterocycles. The molecule has 0 unspecified atom stereocenters. The number of hydrogen-bond acceptors (Lipinski definition) is 6. The van der Waals surface area contributed by atoms with Crippen molar-refractivity contribution in [3.8, 4) is 5.75 Å². The van der Waals surface area contributed by atoms with Gasteiger partial charge in [-0.15, -0.1) is 0 Å². The Bertz CT molecular complexity index is 1020. The summed E-state index contributed by atoms with van der Waals surface area (Å²) in [4.78, 5) is 14.2. The van der Waals surface area contributed by atoms with Gasteiger partial charge >= 0.3 is 6.09 Å². The fraction of sp³-hybridized carbons (Fsp3) is 0.519. The van der Waals surface area contributed by atoms with Gasteiger partial charge in [0.15, 0.2) is 6.79 Å². The summed E-state index contributed by atoms with van der Waals surface area (Å²) in [7, 11) is 1.61. The number of ether oxygens (including phenoxy) is 3. The minimum Gasteiger partial charge on any atom is -0.466 e. The molecule has 3 rings (SSSR count). The van der Waals surface area contributed by atoms with Crippen molar-refractivity contribution in [1.29, 1.82) is 0 Å². The summed E-state index contributed by atoms with van der Waals surface area (Å²) in [6.45, 7) is 7.19. The van der Waals surface area contributed by atoms with Crippen molar-refractivity contribution in [2.75, 3.05) is 20.5 Å². The Morgan fingerprint density at radius 2 is 1.91 bits per heavy atom. The summed E-state index contributed by atoms with van der Waals surface area (Å²) in [5, 5.41) is 13.4. The number of amides is 1. The molecule has 1 amide bonds. The molecule has 8 heteroatoms. The smallest absolute Gasteiger partial charge is 0.408 e. The molecular formula is C27H36ClNO5S. The molecule has 1 fully saturated rings. The quantitative estimate of drug-likeness (QED) is 0.326. The van der Waals surface area contributed by atoms with Gasteiger partial charge in [0.25, 0.3) is 0 Å². The molecule has 0 heterocycles. The first-order valence-corrected chi connectivity index (χ1v) is 13.1. The van der Waals surface area contributed by atoms with Gasteiger partial charge in [0.1, 0.15) is 11.4 Å². The van der Waals surface area contributed by atoms with Crippen LogP contribution in [0.3, 0.4) is 0 Å². The number of carbonyl (C=O) groups is 1. The van der Waals surface area contributed by atoms with E-state index < -0.39 is 17.2 Å². The molecule has 2 aromatic carbocycles. The fourth-order valence-electron chi connectivity index (χ4n) is 3.58. The largest absolute Gasteiger partial charge is 0.466 e. The minimum absolute atomic E-state index is 0.191. The topological polar surface area (TPSA) is 77.0 Å². The van der Waals surface area contributed by atoms with Gasteiger partial charge < -0.3 is 24.6 Å². The highest BCUT2D eigenvalue weighted by molar-refractivity contribution is 7.99. The third kappa shape index (κ3) is 8.60. The van der Waals surface area contributed by atoms with E-state index in [2.05, 4.69) is 17.4 Å². The summed E-state index contributed by atoms with van der Waals surface area (Å²) in [5.41, 5.74) is 0.852. The van der Waals surface area contributed by atoms with Gasteiger partial charge in [-0.1, -0.05) is 35.5 Å². The van der Waals surface area contributed by atoms with Crippen molar-refractivity contribution in [2.45, 2.75) is 80.2 Å². The first-order valence-electron chi connectivity index (χ1n) is 11.9. The zero-order valence-corrected chi connectivity index (χ0v) is 22.7. The van der Waals surface area contributed by atoms with Crippen LogP contribution < -0.4 is 10.1 Å². The van der Waals surface area contributed by atoms with Crippen LogP contribution in [0.4, 0.5) is 4.79 Å². The van der Waals surface area contributed by atoms with Gasteiger partial charge in [-0.05, 0) is 94.7 Å². The van der Waals surface area contributed by atoms with Gasteiger partial charge in [-0.2, -0.15) is 0 Å². The van der Waals surface area contributed by atoms with Crippen LogP contribution in [-0.4, -0.2) is 42.8 Å². The second-order valence-corrected chi connectivity index (χ2v) is 11.8. The molecule has 1 aliphatic rings. The van der Waals surface area contributed by atoms with Crippen molar-refractivity contribution in [2.24, 2.45) is 0 Å². The number of aryl methyl sites for hydroxylation is 1. The molecule has 0 aromatic heterocycles. The predicted octanol–water partition coefficient (Wildman–Crippen LogP) is 6.56. The number of aliphatic hydroxyl groups is 1. The summed E-state index contributed by atoms with van der Waals surface area (Å²) >= 11 is 8.25. The van der Waals surface area contributed by atoms with Crippen LogP contribution in [-0.2, 0) is 15.9 Å². The average molecular weight is 522 g/mol. The van der Waals surface area contributed by atoms with Crippen LogP contribution in [0.5, 0.6) is 5.75 Å². The highest BCUT2D eigenvalue weighted by Gasteiger charge is 2.28. The third-order valence-electron chi connectivity index (χ3n) is 5.70. The molecule has 1 saturated carbocycles. The van der Waals surface area contributed by atoms with Crippen molar-refractivity contribution in [3.63, 3.8) is 0 Å². The van der Waals surface area contributed by atoms with Gasteiger partial charge in [-0.3, -0.25) is 0 Å². The van der Waals surface area contributed by atoms with E-state index in [1.807, 2.05) is 24.3 Å². The molecule has 1 aliphatic carbocycles. The predicted molar refractivity (Wildman–Crippen MR) is 140 cm³/mol. The number of aliphatic hydroxyl groups excluding tert-OH is 1. The molecule has 1 atom stereocenters. The van der Waals surface area contributed by atoms with Gasteiger partial charge in [0.2, 0.25) is 0 Å². The summed E-state index contributed by atoms with van der Waals surface area (Å²) in [6, 6.07) is 12.3. The van der Waals surface area contributed by atoms with Gasteiger partial charge in [0, 0.05) is 17.0 Å². The number of alkyl carbamates (subject to hydrolysis) is 1. The normalized spacial score (nSPS) is 15.4. The van der Waals surface area contributed by atoms with Crippen LogP contribution in [0.15, 0.2) is 46.2 Å². The number of methoxy groups -OCH3 is 1. The second-order valence-electron chi connectivity index (χ2n) is 10.2. The Morgan fingerprint density at radius 1 is 1.17 bits per heavy atom. The molecule has 2 N–H and O–H groups in total. The van der Waals surface area contributed by atoms with E-state index in [-0.39, 0.29) is 13.4 Å². The van der Waals surface area contributed by atoms with Crippen molar-refractivity contribution >= 4 is 29.5 Å². The lowest BCUT2D eigenvalue weighted by Gasteiger charge is -2.30. The maximum atomic E-state index is 12.2. The van der Waals surface area contributed by atoms with Crippen molar-refractivity contribution in [3.05, 3.63) is 52.5 Å². The molecule has 2 aromatic rings. The number of halogens is 1. The van der Waals surface area contributed by atoms with Crippen molar-refractivity contribution in [1.82, 2.24) is 5.32 Å². The van der Waals surface area contributed by atoms with Gasteiger partial charge in [-0.25, -0.2) is 4.79 Å². The Hall–Kier alpha value is -1.93. The van der Waals surface area contributed by atoms with E-state index in [1.165, 1.54) is 18.4 Å². The van der Waals surface area contributed by atoms with E-state index in [0.717, 1.165) is 21.1 Å².